The van der Waals surface area contributed by atoms with Crippen LogP contribution in [-0.2, 0) is 0 Å². The van der Waals surface area contributed by atoms with E-state index in [2.05, 4.69) is 9.88 Å². The predicted molar refractivity (Wildman–Crippen MR) is 118 cm³/mol. The first kappa shape index (κ1) is 19.7. The van der Waals surface area contributed by atoms with Crippen LogP contribution < -0.4 is 15.2 Å². The molecule has 3 N–H and O–H groups in total. The molecule has 0 unspecified atom stereocenters. The van der Waals surface area contributed by atoms with Crippen LogP contribution in [0, 0.1) is 0 Å². The highest BCUT2D eigenvalue weighted by Crippen LogP contribution is 2.32. The van der Waals surface area contributed by atoms with Gasteiger partial charge in [-0.1, -0.05) is 0 Å². The third kappa shape index (κ3) is 3.79. The van der Waals surface area contributed by atoms with Gasteiger partial charge in [-0.2, -0.15) is 0 Å². The maximum absolute atomic E-state index is 12.2. The van der Waals surface area contributed by atoms with Gasteiger partial charge in [0.25, 0.3) is 5.91 Å². The molecule has 0 aliphatic rings. The summed E-state index contributed by atoms with van der Waals surface area (Å²) in [7, 11) is 5.62. The molecule has 0 saturated heterocycles. The Morgan fingerprint density at radius 3 is 2.50 bits per heavy atom. The number of carbonyl (C=O) groups excluding carboxylic acids is 1. The van der Waals surface area contributed by atoms with Gasteiger partial charge >= 0.3 is 0 Å². The Labute approximate surface area is 174 Å². The highest BCUT2D eigenvalue weighted by Gasteiger charge is 2.16. The molecule has 4 aromatic rings. The number of hydrogen-bond acceptors (Lipinski definition) is 5. The number of ether oxygens (including phenoxy) is 2. The summed E-state index contributed by atoms with van der Waals surface area (Å²) < 4.78 is 11.0. The van der Waals surface area contributed by atoms with Crippen LogP contribution in [0.2, 0.25) is 0 Å². The second kappa shape index (κ2) is 8.04. The van der Waals surface area contributed by atoms with Crippen LogP contribution in [0.4, 0.5) is 0 Å². The van der Waals surface area contributed by atoms with Crippen LogP contribution in [-0.4, -0.2) is 55.1 Å². The van der Waals surface area contributed by atoms with Gasteiger partial charge in [-0.15, -0.1) is 0 Å². The molecule has 0 radical (unpaired) electrons. The lowest BCUT2D eigenvalue weighted by atomic mass is 10.1. The first-order valence-electron chi connectivity index (χ1n) is 9.64. The molecule has 0 aliphatic heterocycles. The Morgan fingerprint density at radius 2 is 1.83 bits per heavy atom. The first-order chi connectivity index (χ1) is 14.5. The topological polar surface area (TPSA) is 93.5 Å². The van der Waals surface area contributed by atoms with Gasteiger partial charge in [0.1, 0.15) is 18.1 Å². The molecule has 0 saturated carbocycles. The number of pyridine rings is 1. The van der Waals surface area contributed by atoms with E-state index in [4.69, 9.17) is 20.2 Å². The lowest BCUT2D eigenvalue weighted by Gasteiger charge is -2.10. The standard InChI is InChI=1S/C23H24N4O3/c1-27(2)10-11-30-16-8-9-17-20(12-16)26-22-18(23(24)28)13-19(25-21(17)22)14-4-6-15(29-3)7-5-14/h4-9,12-13,26H,10-11H2,1-3H3,(H2,24,28). The fourth-order valence-electron chi connectivity index (χ4n) is 3.37. The molecule has 7 nitrogen and oxygen atoms in total. The van der Waals surface area contributed by atoms with Gasteiger partial charge in [0.2, 0.25) is 0 Å². The molecule has 2 aromatic heterocycles. The van der Waals surface area contributed by atoms with Crippen LogP contribution in [0.1, 0.15) is 10.4 Å². The summed E-state index contributed by atoms with van der Waals surface area (Å²) in [6, 6.07) is 15.0. The van der Waals surface area contributed by atoms with Crippen LogP contribution in [0.5, 0.6) is 11.5 Å². The third-order valence-electron chi connectivity index (χ3n) is 4.98. The van der Waals surface area contributed by atoms with Gasteiger partial charge in [-0.25, -0.2) is 4.98 Å². The number of benzene rings is 2. The summed E-state index contributed by atoms with van der Waals surface area (Å²) in [6.45, 7) is 1.41. The van der Waals surface area contributed by atoms with E-state index in [1.54, 1.807) is 13.2 Å². The van der Waals surface area contributed by atoms with Crippen LogP contribution in [0.15, 0.2) is 48.5 Å². The summed E-state index contributed by atoms with van der Waals surface area (Å²) >= 11 is 0. The number of fused-ring (bicyclic) bond motifs is 3. The number of nitrogens with one attached hydrogen (secondary N) is 1. The third-order valence-corrected chi connectivity index (χ3v) is 4.98. The van der Waals surface area contributed by atoms with E-state index in [-0.39, 0.29) is 0 Å². The maximum atomic E-state index is 12.2. The molecule has 4 rings (SSSR count). The number of rotatable bonds is 7. The molecular weight excluding hydrogens is 380 g/mol. The minimum Gasteiger partial charge on any atom is -0.497 e. The minimum absolute atomic E-state index is 0.400. The zero-order valence-electron chi connectivity index (χ0n) is 17.2. The molecular formula is C23H24N4O3. The van der Waals surface area contributed by atoms with Gasteiger partial charge in [0, 0.05) is 23.6 Å². The molecule has 0 aliphatic carbocycles. The number of hydrogen-bond donors (Lipinski definition) is 2. The summed E-state index contributed by atoms with van der Waals surface area (Å²) in [4.78, 5) is 22.3. The van der Waals surface area contributed by atoms with E-state index in [0.717, 1.165) is 34.5 Å². The number of nitrogens with two attached hydrogens (primary N) is 1. The highest BCUT2D eigenvalue weighted by atomic mass is 16.5. The number of aromatic amines is 1. The number of carbonyl (C=O) groups is 1. The Bertz CT molecular complexity index is 1210. The molecule has 0 atom stereocenters. The molecule has 30 heavy (non-hydrogen) atoms. The van der Waals surface area contributed by atoms with E-state index in [0.29, 0.717) is 28.9 Å². The molecule has 2 heterocycles. The second-order valence-electron chi connectivity index (χ2n) is 7.36. The van der Waals surface area contributed by atoms with E-state index in [1.165, 1.54) is 0 Å². The fourth-order valence-corrected chi connectivity index (χ4v) is 3.37. The molecule has 0 spiro atoms. The van der Waals surface area contributed by atoms with Crippen molar-refractivity contribution < 1.29 is 14.3 Å². The molecule has 7 heteroatoms. The Morgan fingerprint density at radius 1 is 1.10 bits per heavy atom. The number of nitrogens with zero attached hydrogens (tertiary/aromatic N) is 2. The minimum atomic E-state index is -0.508. The summed E-state index contributed by atoms with van der Waals surface area (Å²) in [6.07, 6.45) is 0. The SMILES string of the molecule is COc1ccc(-c2cc(C(N)=O)c3[nH]c4cc(OCCN(C)C)ccc4c3n2)cc1. The van der Waals surface area contributed by atoms with Gasteiger partial charge in [0.05, 0.1) is 34.9 Å². The Hall–Kier alpha value is -3.58. The first-order valence-corrected chi connectivity index (χ1v) is 9.64. The number of primary amides is 1. The van der Waals surface area contributed by atoms with Crippen LogP contribution in [0.3, 0.4) is 0 Å². The molecule has 2 aromatic carbocycles. The lowest BCUT2D eigenvalue weighted by Crippen LogP contribution is -2.19. The number of aromatic nitrogens is 2. The average molecular weight is 404 g/mol. The zero-order valence-corrected chi connectivity index (χ0v) is 17.2. The number of methoxy groups -OCH3 is 1. The van der Waals surface area contributed by atoms with Gasteiger partial charge in [-0.3, -0.25) is 4.79 Å². The van der Waals surface area contributed by atoms with Crippen molar-refractivity contribution in [3.05, 3.63) is 54.1 Å². The van der Waals surface area contributed by atoms with Crippen LogP contribution in [0.25, 0.3) is 33.2 Å². The van der Waals surface area contributed by atoms with Crippen molar-refractivity contribution in [3.8, 4) is 22.8 Å². The number of amides is 1. The van der Waals surface area contributed by atoms with Crippen molar-refractivity contribution >= 4 is 27.8 Å². The van der Waals surface area contributed by atoms with E-state index in [9.17, 15) is 4.79 Å². The quantitative estimate of drug-likeness (QED) is 0.492. The maximum Gasteiger partial charge on any atom is 0.250 e. The Balaban J connectivity index is 1.80. The predicted octanol–water partition coefficient (Wildman–Crippen LogP) is 3.43. The lowest BCUT2D eigenvalue weighted by molar-refractivity contribution is 0.100. The van der Waals surface area contributed by atoms with Crippen molar-refractivity contribution in [1.29, 1.82) is 0 Å². The fraction of sp³-hybridized carbons (Fsp3) is 0.217. The monoisotopic (exact) mass is 404 g/mol. The van der Waals surface area contributed by atoms with Crippen molar-refractivity contribution in [3.63, 3.8) is 0 Å². The molecule has 154 valence electrons. The van der Waals surface area contributed by atoms with E-state index >= 15 is 0 Å². The second-order valence-corrected chi connectivity index (χ2v) is 7.36. The Kier molecular flexibility index (Phi) is 5.29. The highest BCUT2D eigenvalue weighted by molar-refractivity contribution is 6.14. The van der Waals surface area contributed by atoms with Gasteiger partial charge < -0.3 is 25.1 Å². The number of H-pyrrole nitrogens is 1. The summed E-state index contributed by atoms with van der Waals surface area (Å²) in [5.74, 6) is 1.00. The van der Waals surface area contributed by atoms with Crippen molar-refractivity contribution in [1.82, 2.24) is 14.9 Å². The average Bonchev–Trinajstić information content (AvgIpc) is 3.10. The van der Waals surface area contributed by atoms with Crippen LogP contribution >= 0.6 is 0 Å². The molecule has 0 bridgehead atoms. The van der Waals surface area contributed by atoms with Crippen molar-refractivity contribution in [2.24, 2.45) is 5.73 Å². The van der Waals surface area contributed by atoms with Crippen molar-refractivity contribution in [2.75, 3.05) is 34.4 Å². The molecule has 1 amide bonds. The van der Waals surface area contributed by atoms with Gasteiger partial charge in [-0.05, 0) is 56.6 Å². The van der Waals surface area contributed by atoms with E-state index < -0.39 is 5.91 Å². The largest absolute Gasteiger partial charge is 0.497 e. The molecule has 0 fully saturated rings. The normalized spacial score (nSPS) is 11.3. The summed E-state index contributed by atoms with van der Waals surface area (Å²) in [5.41, 5.74) is 9.80. The zero-order chi connectivity index (χ0) is 21.3. The number of likely N-dealkylation sites (N-methyl/N-ethyl adjacent to an activating group) is 1. The smallest absolute Gasteiger partial charge is 0.250 e. The van der Waals surface area contributed by atoms with Gasteiger partial charge in [0.15, 0.2) is 0 Å². The van der Waals surface area contributed by atoms with Crippen molar-refractivity contribution in [2.45, 2.75) is 0 Å². The van der Waals surface area contributed by atoms with E-state index in [1.807, 2.05) is 56.6 Å². The summed E-state index contributed by atoms with van der Waals surface area (Å²) in [5, 5.41) is 0.905.